The Kier molecular flexibility index (Phi) is 3.91. The molecule has 0 bridgehead atoms. The topological polar surface area (TPSA) is 25.2 Å². The lowest BCUT2D eigenvalue weighted by Crippen LogP contribution is -2.29. The first-order valence-electron chi connectivity index (χ1n) is 7.02. The van der Waals surface area contributed by atoms with Gasteiger partial charge in [0.2, 0.25) is 0 Å². The minimum atomic E-state index is 0.263. The standard InChI is InChI=1S/C15H24N2O/c1-5-16(6-2)10-15(18)14-9-11(3)17(12(14)4)13-7-8-13/h9,13H,5-8,10H2,1-4H3. The summed E-state index contributed by atoms with van der Waals surface area (Å²) in [5.74, 6) is 0.263. The zero-order valence-electron chi connectivity index (χ0n) is 12.0. The van der Waals surface area contributed by atoms with Crippen LogP contribution in [0, 0.1) is 13.8 Å². The molecule has 0 aliphatic heterocycles. The van der Waals surface area contributed by atoms with Crippen molar-refractivity contribution in [2.24, 2.45) is 0 Å². The maximum atomic E-state index is 12.3. The van der Waals surface area contributed by atoms with Gasteiger partial charge in [0, 0.05) is 23.0 Å². The third-order valence-corrected chi connectivity index (χ3v) is 3.96. The molecule has 1 saturated carbocycles. The third kappa shape index (κ3) is 2.51. The molecule has 1 aliphatic rings. The van der Waals surface area contributed by atoms with Crippen molar-refractivity contribution in [2.75, 3.05) is 19.6 Å². The molecule has 1 aromatic heterocycles. The summed E-state index contributed by atoms with van der Waals surface area (Å²) in [4.78, 5) is 14.5. The highest BCUT2D eigenvalue weighted by atomic mass is 16.1. The number of carbonyl (C=O) groups excluding carboxylic acids is 1. The molecule has 0 saturated heterocycles. The second kappa shape index (κ2) is 5.27. The average molecular weight is 248 g/mol. The van der Waals surface area contributed by atoms with E-state index in [1.54, 1.807) is 0 Å². The van der Waals surface area contributed by atoms with Crippen LogP contribution in [0.3, 0.4) is 0 Å². The van der Waals surface area contributed by atoms with Crippen LogP contribution in [0.4, 0.5) is 0 Å². The largest absolute Gasteiger partial charge is 0.345 e. The molecule has 0 aromatic carbocycles. The summed E-state index contributed by atoms with van der Waals surface area (Å²) in [5, 5.41) is 0. The van der Waals surface area contributed by atoms with Crippen molar-refractivity contribution >= 4 is 5.78 Å². The van der Waals surface area contributed by atoms with Gasteiger partial charge in [0.05, 0.1) is 6.54 Å². The second-order valence-corrected chi connectivity index (χ2v) is 5.27. The van der Waals surface area contributed by atoms with E-state index >= 15 is 0 Å². The van der Waals surface area contributed by atoms with E-state index in [4.69, 9.17) is 0 Å². The molecular weight excluding hydrogens is 224 g/mol. The second-order valence-electron chi connectivity index (χ2n) is 5.27. The van der Waals surface area contributed by atoms with Crippen molar-refractivity contribution < 1.29 is 4.79 Å². The maximum Gasteiger partial charge on any atom is 0.178 e. The average Bonchev–Trinajstić information content (AvgIpc) is 3.13. The first-order valence-corrected chi connectivity index (χ1v) is 7.02. The van der Waals surface area contributed by atoms with Crippen molar-refractivity contribution in [3.63, 3.8) is 0 Å². The Bertz CT molecular complexity index is 440. The van der Waals surface area contributed by atoms with E-state index in [9.17, 15) is 4.79 Å². The Labute approximate surface area is 110 Å². The van der Waals surface area contributed by atoms with Gasteiger partial charge in [0.25, 0.3) is 0 Å². The van der Waals surface area contributed by atoms with Crippen LogP contribution in [-0.2, 0) is 0 Å². The number of hydrogen-bond donors (Lipinski definition) is 0. The van der Waals surface area contributed by atoms with Gasteiger partial charge in [0.1, 0.15) is 0 Å². The summed E-state index contributed by atoms with van der Waals surface area (Å²) in [6, 6.07) is 2.72. The van der Waals surface area contributed by atoms with Crippen molar-refractivity contribution in [2.45, 2.75) is 46.6 Å². The van der Waals surface area contributed by atoms with E-state index in [0.29, 0.717) is 12.6 Å². The van der Waals surface area contributed by atoms with Crippen molar-refractivity contribution in [3.05, 3.63) is 23.0 Å². The number of hydrogen-bond acceptors (Lipinski definition) is 2. The molecule has 1 aliphatic carbocycles. The van der Waals surface area contributed by atoms with Crippen LogP contribution >= 0.6 is 0 Å². The lowest BCUT2D eigenvalue weighted by Gasteiger charge is -2.16. The van der Waals surface area contributed by atoms with Crippen molar-refractivity contribution in [3.8, 4) is 0 Å². The Morgan fingerprint density at radius 1 is 1.33 bits per heavy atom. The monoisotopic (exact) mass is 248 g/mol. The van der Waals surface area contributed by atoms with E-state index in [0.717, 1.165) is 24.3 Å². The van der Waals surface area contributed by atoms with Crippen LogP contribution in [0.15, 0.2) is 6.07 Å². The molecule has 18 heavy (non-hydrogen) atoms. The van der Waals surface area contributed by atoms with Crippen LogP contribution in [0.2, 0.25) is 0 Å². The van der Waals surface area contributed by atoms with Gasteiger partial charge in [-0.25, -0.2) is 0 Å². The van der Waals surface area contributed by atoms with E-state index in [1.165, 1.54) is 18.5 Å². The SMILES string of the molecule is CCN(CC)CC(=O)c1cc(C)n(C2CC2)c1C. The zero-order chi connectivity index (χ0) is 13.3. The normalized spacial score (nSPS) is 15.4. The molecule has 0 unspecified atom stereocenters. The van der Waals surface area contributed by atoms with Gasteiger partial charge in [-0.3, -0.25) is 9.69 Å². The highest BCUT2D eigenvalue weighted by Crippen LogP contribution is 2.38. The zero-order valence-corrected chi connectivity index (χ0v) is 12.0. The highest BCUT2D eigenvalue weighted by molar-refractivity contribution is 5.99. The van der Waals surface area contributed by atoms with Gasteiger partial charge >= 0.3 is 0 Å². The molecule has 3 nitrogen and oxygen atoms in total. The predicted molar refractivity (Wildman–Crippen MR) is 74.3 cm³/mol. The molecule has 1 heterocycles. The molecule has 100 valence electrons. The lowest BCUT2D eigenvalue weighted by molar-refractivity contribution is 0.0936. The minimum Gasteiger partial charge on any atom is -0.345 e. The van der Waals surface area contributed by atoms with E-state index in [2.05, 4.69) is 43.2 Å². The Balaban J connectivity index is 2.17. The van der Waals surface area contributed by atoms with Crippen LogP contribution in [0.1, 0.15) is 54.5 Å². The fourth-order valence-electron chi connectivity index (χ4n) is 2.69. The number of ketones is 1. The minimum absolute atomic E-state index is 0.263. The van der Waals surface area contributed by atoms with Crippen LogP contribution in [0.25, 0.3) is 0 Å². The van der Waals surface area contributed by atoms with Gasteiger partial charge in [-0.2, -0.15) is 0 Å². The number of aromatic nitrogens is 1. The molecule has 0 radical (unpaired) electrons. The Hall–Kier alpha value is -1.09. The molecular formula is C15H24N2O. The summed E-state index contributed by atoms with van der Waals surface area (Å²) in [7, 11) is 0. The fourth-order valence-corrected chi connectivity index (χ4v) is 2.69. The van der Waals surface area contributed by atoms with Gasteiger partial charge in [0.15, 0.2) is 5.78 Å². The van der Waals surface area contributed by atoms with Crippen LogP contribution in [0.5, 0.6) is 0 Å². The molecule has 1 aromatic rings. The molecule has 2 rings (SSSR count). The number of Topliss-reactive ketones (excluding diaryl/α,β-unsaturated/α-hetero) is 1. The van der Waals surface area contributed by atoms with E-state index in [-0.39, 0.29) is 5.78 Å². The number of aryl methyl sites for hydroxylation is 1. The molecule has 3 heteroatoms. The summed E-state index contributed by atoms with van der Waals surface area (Å²) in [6.45, 7) is 10.8. The number of nitrogens with zero attached hydrogens (tertiary/aromatic N) is 2. The predicted octanol–water partition coefficient (Wildman–Crippen LogP) is 2.96. The molecule has 1 fully saturated rings. The summed E-state index contributed by atoms with van der Waals surface area (Å²) in [6.07, 6.45) is 2.53. The lowest BCUT2D eigenvalue weighted by atomic mass is 10.1. The summed E-state index contributed by atoms with van der Waals surface area (Å²) in [5.41, 5.74) is 3.32. The molecule has 0 amide bonds. The Morgan fingerprint density at radius 2 is 1.94 bits per heavy atom. The molecule has 0 atom stereocenters. The molecule has 0 spiro atoms. The first-order chi connectivity index (χ1) is 8.58. The van der Waals surface area contributed by atoms with Gasteiger partial charge < -0.3 is 4.57 Å². The van der Waals surface area contributed by atoms with E-state index < -0.39 is 0 Å². The smallest absolute Gasteiger partial charge is 0.178 e. The number of carbonyl (C=O) groups is 1. The summed E-state index contributed by atoms with van der Waals surface area (Å²) >= 11 is 0. The first kappa shape index (κ1) is 13.3. The Morgan fingerprint density at radius 3 is 2.44 bits per heavy atom. The van der Waals surface area contributed by atoms with Crippen molar-refractivity contribution in [1.82, 2.24) is 9.47 Å². The van der Waals surface area contributed by atoms with Gasteiger partial charge in [-0.1, -0.05) is 13.8 Å². The fraction of sp³-hybridized carbons (Fsp3) is 0.667. The summed E-state index contributed by atoms with van der Waals surface area (Å²) < 4.78 is 2.34. The van der Waals surface area contributed by atoms with Crippen LogP contribution in [-0.4, -0.2) is 34.9 Å². The number of rotatable bonds is 6. The van der Waals surface area contributed by atoms with E-state index in [1.807, 2.05) is 0 Å². The quantitative estimate of drug-likeness (QED) is 0.723. The third-order valence-electron chi connectivity index (χ3n) is 3.96. The van der Waals surface area contributed by atoms with Crippen molar-refractivity contribution in [1.29, 1.82) is 0 Å². The van der Waals surface area contributed by atoms with Crippen LogP contribution < -0.4 is 0 Å². The van der Waals surface area contributed by atoms with Gasteiger partial charge in [-0.05, 0) is 45.8 Å². The number of likely N-dealkylation sites (N-methyl/N-ethyl adjacent to an activating group) is 1. The molecule has 0 N–H and O–H groups in total. The highest BCUT2D eigenvalue weighted by Gasteiger charge is 2.28. The van der Waals surface area contributed by atoms with Gasteiger partial charge in [-0.15, -0.1) is 0 Å². The maximum absolute atomic E-state index is 12.3.